The van der Waals surface area contributed by atoms with Gasteiger partial charge in [0.05, 0.1) is 33.1 Å². The minimum Gasteiger partial charge on any atom is -0.309 e. The molecule has 676 valence electrons. The van der Waals surface area contributed by atoms with Crippen molar-refractivity contribution in [1.29, 1.82) is 0 Å². The first-order valence-electron chi connectivity index (χ1n) is 50.0. The maximum Gasteiger partial charge on any atom is 0.0541 e. The fourth-order valence-corrected chi connectivity index (χ4v) is 22.5. The number of aromatic nitrogens is 3. The third-order valence-electron chi connectivity index (χ3n) is 29.8. The largest absolute Gasteiger partial charge is 0.309 e. The summed E-state index contributed by atoms with van der Waals surface area (Å²) in [6, 6.07) is 206. The van der Waals surface area contributed by atoms with E-state index >= 15 is 0 Å². The van der Waals surface area contributed by atoms with Crippen LogP contribution in [0, 0.1) is 0 Å². The molecule has 29 aromatic rings. The number of para-hydroxylation sites is 4. The molecule has 0 N–H and O–H groups in total. The second kappa shape index (κ2) is 36.3. The summed E-state index contributed by atoms with van der Waals surface area (Å²) < 4.78 is 7.16. The molecule has 0 saturated heterocycles. The van der Waals surface area contributed by atoms with Crippen molar-refractivity contribution in [3.63, 3.8) is 0 Å². The zero-order chi connectivity index (χ0) is 95.8. The third-order valence-corrected chi connectivity index (χ3v) is 29.8. The number of nitrogens with zero attached hydrogens (tertiary/aromatic N) is 3. The smallest absolute Gasteiger partial charge is 0.0541 e. The molecule has 0 bridgehead atoms. The number of hydrogen-bond acceptors (Lipinski definition) is 0. The Bertz CT molecular complexity index is 9680. The molecule has 29 rings (SSSR count). The van der Waals surface area contributed by atoms with Crippen molar-refractivity contribution in [2.24, 2.45) is 0 Å². The van der Waals surface area contributed by atoms with Crippen molar-refractivity contribution >= 4 is 141 Å². The number of fused-ring (bicyclic) bond motifs is 19. The highest BCUT2D eigenvalue weighted by Crippen LogP contribution is 2.46. The van der Waals surface area contributed by atoms with Crippen molar-refractivity contribution in [3.8, 4) is 128 Å². The first-order valence-corrected chi connectivity index (χ1v) is 50.0. The van der Waals surface area contributed by atoms with Gasteiger partial charge in [0.2, 0.25) is 0 Å². The summed E-state index contributed by atoms with van der Waals surface area (Å²) in [5.74, 6) is 0. The lowest BCUT2D eigenvalue weighted by molar-refractivity contribution is 1.18. The SMILES string of the molecule is c1ccc(-n2c3ccc(-c4ccc(-c5ccc6ccccc6c5)cc4)cc3c3cc(-c4ccc(-c5ccc6ccccc6c5)cc4)ccc32)cc1.c1ccc(-n2c3ccc(-c4ccc(-c5cccc6ccccc56)cc4)cc3c3cc(-c4ccc(-c5cccc6ccccc56)cc4)ccc32)cc1.c1ccc(-n2c3ccccc3c3cc(-c4cccc(-c5ccc6c7ccccc7c7ccccc7c6c5)c4)ccc32)cc1. The highest BCUT2D eigenvalue weighted by Gasteiger charge is 2.22. The van der Waals surface area contributed by atoms with Gasteiger partial charge in [-0.25, -0.2) is 0 Å². The second-order valence-corrected chi connectivity index (χ2v) is 38.1. The highest BCUT2D eigenvalue weighted by atomic mass is 15.0. The van der Waals surface area contributed by atoms with E-state index in [1.807, 2.05) is 0 Å². The van der Waals surface area contributed by atoms with E-state index in [2.05, 4.69) is 578 Å². The Hall–Kier alpha value is -19.1. The minimum atomic E-state index is 1.16. The predicted octanol–water partition coefficient (Wildman–Crippen LogP) is 39.1. The molecule has 26 aromatic carbocycles. The van der Waals surface area contributed by atoms with Gasteiger partial charge in [0, 0.05) is 49.4 Å². The number of rotatable bonds is 13. The van der Waals surface area contributed by atoms with Gasteiger partial charge in [0.1, 0.15) is 0 Å². The Balaban J connectivity index is 0.000000108. The van der Waals surface area contributed by atoms with Gasteiger partial charge in [-0.15, -0.1) is 0 Å². The van der Waals surface area contributed by atoms with Gasteiger partial charge < -0.3 is 13.7 Å². The molecular weight excluding hydrogens is 1750 g/mol. The van der Waals surface area contributed by atoms with Crippen LogP contribution in [0.25, 0.3) is 269 Å². The number of benzene rings is 26. The molecule has 0 aliphatic rings. The molecule has 3 aromatic heterocycles. The van der Waals surface area contributed by atoms with Crippen LogP contribution in [-0.2, 0) is 0 Å². The maximum absolute atomic E-state index is 2.39. The van der Waals surface area contributed by atoms with E-state index in [4.69, 9.17) is 0 Å². The van der Waals surface area contributed by atoms with Gasteiger partial charge in [-0.1, -0.05) is 437 Å². The summed E-state index contributed by atoms with van der Waals surface area (Å²) in [6.07, 6.45) is 0. The van der Waals surface area contributed by atoms with Crippen LogP contribution in [0.5, 0.6) is 0 Å². The molecule has 0 saturated carbocycles. The lowest BCUT2D eigenvalue weighted by Gasteiger charge is -2.13. The third kappa shape index (κ3) is 15.6. The van der Waals surface area contributed by atoms with E-state index in [0.29, 0.717) is 0 Å². The molecule has 0 atom stereocenters. The van der Waals surface area contributed by atoms with E-state index in [-0.39, 0.29) is 0 Å². The lowest BCUT2D eigenvalue weighted by Crippen LogP contribution is -1.93. The van der Waals surface area contributed by atoms with Crippen molar-refractivity contribution < 1.29 is 0 Å². The van der Waals surface area contributed by atoms with Crippen LogP contribution >= 0.6 is 0 Å². The average Bonchev–Trinajstić information content (AvgIpc) is 1.55. The van der Waals surface area contributed by atoms with E-state index < -0.39 is 0 Å². The molecule has 3 nitrogen and oxygen atoms in total. The van der Waals surface area contributed by atoms with Gasteiger partial charge >= 0.3 is 0 Å². The summed E-state index contributed by atoms with van der Waals surface area (Å²) in [7, 11) is 0. The van der Waals surface area contributed by atoms with Crippen LogP contribution in [0.3, 0.4) is 0 Å². The lowest BCUT2D eigenvalue weighted by atomic mass is 9.91. The second-order valence-electron chi connectivity index (χ2n) is 38.1. The van der Waals surface area contributed by atoms with Gasteiger partial charge in [0.25, 0.3) is 0 Å². The molecule has 3 heterocycles. The Kier molecular flexibility index (Phi) is 21.3. The van der Waals surface area contributed by atoms with Crippen LogP contribution in [0.15, 0.2) is 564 Å². The van der Waals surface area contributed by atoms with Crippen LogP contribution in [-0.4, -0.2) is 13.7 Å². The number of hydrogen-bond donors (Lipinski definition) is 0. The summed E-state index contributed by atoms with van der Waals surface area (Å²) in [6.45, 7) is 0. The molecule has 0 fully saturated rings. The van der Waals surface area contributed by atoms with E-state index in [0.717, 1.165) is 11.4 Å². The van der Waals surface area contributed by atoms with Crippen molar-refractivity contribution in [1.82, 2.24) is 13.7 Å². The van der Waals surface area contributed by atoms with Gasteiger partial charge in [-0.05, 0) is 314 Å². The van der Waals surface area contributed by atoms with Gasteiger partial charge in [0.15, 0.2) is 0 Å². The Morgan fingerprint density at radius 1 is 0.0897 bits per heavy atom. The zero-order valence-electron chi connectivity index (χ0n) is 79.5. The summed E-state index contributed by atoms with van der Waals surface area (Å²) in [5.41, 5.74) is 35.3. The minimum absolute atomic E-state index is 1.16. The van der Waals surface area contributed by atoms with Gasteiger partial charge in [-0.2, -0.15) is 0 Å². The zero-order valence-corrected chi connectivity index (χ0v) is 79.5. The fraction of sp³-hybridized carbons (Fsp3) is 0. The van der Waals surface area contributed by atoms with Crippen molar-refractivity contribution in [2.75, 3.05) is 0 Å². The molecule has 3 heteroatoms. The van der Waals surface area contributed by atoms with Crippen LogP contribution in [0.2, 0.25) is 0 Å². The Morgan fingerprint density at radius 3 is 0.662 bits per heavy atom. The maximum atomic E-state index is 2.39. The van der Waals surface area contributed by atoms with Crippen LogP contribution < -0.4 is 0 Å². The van der Waals surface area contributed by atoms with E-state index in [9.17, 15) is 0 Å². The Morgan fingerprint density at radius 2 is 0.303 bits per heavy atom. The van der Waals surface area contributed by atoms with Gasteiger partial charge in [-0.3, -0.25) is 0 Å². The molecule has 0 aliphatic carbocycles. The Labute approximate surface area is 840 Å². The van der Waals surface area contributed by atoms with Crippen molar-refractivity contribution in [2.45, 2.75) is 0 Å². The first kappa shape index (κ1) is 85.2. The summed E-state index contributed by atoms with van der Waals surface area (Å²) >= 11 is 0. The fourth-order valence-electron chi connectivity index (χ4n) is 22.5. The van der Waals surface area contributed by atoms with Crippen LogP contribution in [0.1, 0.15) is 0 Å². The van der Waals surface area contributed by atoms with Crippen LogP contribution in [0.4, 0.5) is 0 Å². The average molecular weight is 1840 g/mol. The van der Waals surface area contributed by atoms with E-state index in [1.54, 1.807) is 0 Å². The molecular formula is C142H93N3. The highest BCUT2D eigenvalue weighted by molar-refractivity contribution is 6.26. The quantitative estimate of drug-likeness (QED) is 0.102. The normalized spacial score (nSPS) is 11.6. The first-order chi connectivity index (χ1) is 71.9. The molecule has 0 radical (unpaired) electrons. The monoisotopic (exact) mass is 1840 g/mol. The topological polar surface area (TPSA) is 14.8 Å². The molecule has 0 unspecified atom stereocenters. The summed E-state index contributed by atoms with van der Waals surface area (Å²) in [4.78, 5) is 0. The molecule has 0 amide bonds. The predicted molar refractivity (Wildman–Crippen MR) is 619 cm³/mol. The summed E-state index contributed by atoms with van der Waals surface area (Å²) in [5, 5.41) is 25.5. The van der Waals surface area contributed by atoms with E-state index in [1.165, 1.54) is 258 Å². The standard InChI is InChI=1S/2C50H33N.C42H27N/c1-2-14-42(15-3-1)51-49-30-28-40(34-20-24-38(25-21-34)45-18-8-12-36-10-4-6-16-43(36)45)32-47(49)48-33-41(29-31-50(48)51)35-22-26-39(27-23-35)46-19-9-13-37-11-5-7-17-44(37)46;1-2-12-46(13-3-1)51-49-28-26-44(38-18-14-36(15-19-38)42-24-22-34-8-4-6-10-40(34)30-42)32-47(49)48-33-45(27-29-50(48)51)39-20-16-37(17-21-39)43-25-23-35-9-5-7-11-41(35)31-43;1-2-13-32(14-3-1)43-41-20-9-8-19-38(41)40-27-31(22-24-42(40)43)29-12-10-11-28(25-29)30-21-23-37-35-17-5-4-15-33(35)34-16-6-7-18-36(34)39(37)26-30/h2*1-33H;1-27H. The molecule has 145 heavy (non-hydrogen) atoms. The van der Waals surface area contributed by atoms with Crippen molar-refractivity contribution in [3.05, 3.63) is 564 Å². The molecule has 0 aliphatic heterocycles. The molecule has 0 spiro atoms.